The van der Waals surface area contributed by atoms with Crippen LogP contribution in [0.3, 0.4) is 0 Å². The molecule has 66 valence electrons. The van der Waals surface area contributed by atoms with E-state index in [-0.39, 0.29) is 0 Å². The number of nitrogens with zero attached hydrogens (tertiary/aromatic N) is 2. The fourth-order valence-electron chi connectivity index (χ4n) is 1.05. The summed E-state index contributed by atoms with van der Waals surface area (Å²) in [6, 6.07) is 7.46. The Labute approximate surface area is 75.2 Å². The number of rotatable bonds is 2. The summed E-state index contributed by atoms with van der Waals surface area (Å²) in [6.07, 6.45) is 1.30. The molecule has 1 aromatic carbocycles. The minimum atomic E-state index is 0.499. The number of hydrogen-bond acceptors (Lipinski definition) is 4. The monoisotopic (exact) mass is 176 g/mol. The maximum atomic E-state index is 5.06. The molecule has 0 saturated heterocycles. The lowest BCUT2D eigenvalue weighted by atomic mass is 10.2. The molecule has 0 radical (unpaired) electrons. The van der Waals surface area contributed by atoms with Crippen LogP contribution < -0.4 is 4.74 Å². The molecule has 0 aliphatic carbocycles. The number of aromatic nitrogens is 2. The van der Waals surface area contributed by atoms with Crippen molar-refractivity contribution >= 4 is 0 Å². The van der Waals surface area contributed by atoms with Gasteiger partial charge in [-0.2, -0.15) is 0 Å². The van der Waals surface area contributed by atoms with Crippen molar-refractivity contribution in [2.24, 2.45) is 0 Å². The van der Waals surface area contributed by atoms with Crippen molar-refractivity contribution in [2.45, 2.75) is 0 Å². The van der Waals surface area contributed by atoms with E-state index in [1.807, 2.05) is 24.3 Å². The molecule has 0 spiro atoms. The van der Waals surface area contributed by atoms with Gasteiger partial charge in [-0.3, -0.25) is 0 Å². The summed E-state index contributed by atoms with van der Waals surface area (Å²) in [7, 11) is 1.62. The molecular formula is C9H8N2O2. The topological polar surface area (TPSA) is 48.2 Å². The van der Waals surface area contributed by atoms with E-state index in [2.05, 4.69) is 10.2 Å². The second-order valence-corrected chi connectivity index (χ2v) is 2.48. The Morgan fingerprint density at radius 2 is 2.31 bits per heavy atom. The second-order valence-electron chi connectivity index (χ2n) is 2.48. The normalized spacial score (nSPS) is 9.92. The summed E-state index contributed by atoms with van der Waals surface area (Å²) in [4.78, 5) is 0. The first-order chi connectivity index (χ1) is 6.40. The van der Waals surface area contributed by atoms with Crippen LogP contribution in [0.5, 0.6) is 5.75 Å². The van der Waals surface area contributed by atoms with Crippen molar-refractivity contribution in [1.29, 1.82) is 0 Å². The Bertz CT molecular complexity index is 384. The second kappa shape index (κ2) is 3.26. The lowest BCUT2D eigenvalue weighted by Crippen LogP contribution is -1.83. The van der Waals surface area contributed by atoms with Gasteiger partial charge in [0.1, 0.15) is 5.75 Å². The summed E-state index contributed by atoms with van der Waals surface area (Å²) in [5.74, 6) is 1.27. The van der Waals surface area contributed by atoms with E-state index < -0.39 is 0 Å². The van der Waals surface area contributed by atoms with Crippen molar-refractivity contribution < 1.29 is 9.15 Å². The molecule has 0 aliphatic heterocycles. The molecule has 0 saturated carbocycles. The van der Waals surface area contributed by atoms with Gasteiger partial charge in [0.2, 0.25) is 12.3 Å². The van der Waals surface area contributed by atoms with E-state index in [1.165, 1.54) is 6.39 Å². The van der Waals surface area contributed by atoms with Gasteiger partial charge in [-0.15, -0.1) is 10.2 Å². The maximum Gasteiger partial charge on any atom is 0.247 e. The molecule has 2 rings (SSSR count). The lowest BCUT2D eigenvalue weighted by Gasteiger charge is -1.99. The predicted octanol–water partition coefficient (Wildman–Crippen LogP) is 1.75. The van der Waals surface area contributed by atoms with Crippen molar-refractivity contribution in [1.82, 2.24) is 10.2 Å². The highest BCUT2D eigenvalue weighted by Gasteiger charge is 2.03. The van der Waals surface area contributed by atoms with Crippen molar-refractivity contribution in [3.8, 4) is 17.2 Å². The van der Waals surface area contributed by atoms with E-state index >= 15 is 0 Å². The molecule has 4 heteroatoms. The molecule has 0 aliphatic rings. The summed E-state index contributed by atoms with van der Waals surface area (Å²) in [6.45, 7) is 0. The molecule has 4 nitrogen and oxygen atoms in total. The van der Waals surface area contributed by atoms with E-state index in [1.54, 1.807) is 7.11 Å². The Morgan fingerprint density at radius 1 is 1.38 bits per heavy atom. The highest BCUT2D eigenvalue weighted by molar-refractivity contribution is 5.55. The van der Waals surface area contributed by atoms with Gasteiger partial charge in [-0.05, 0) is 18.2 Å². The van der Waals surface area contributed by atoms with Crippen LogP contribution in [0.2, 0.25) is 0 Å². The first-order valence-electron chi connectivity index (χ1n) is 3.81. The highest BCUT2D eigenvalue weighted by atomic mass is 16.5. The van der Waals surface area contributed by atoms with Gasteiger partial charge in [0.15, 0.2) is 0 Å². The quantitative estimate of drug-likeness (QED) is 0.699. The van der Waals surface area contributed by atoms with E-state index in [9.17, 15) is 0 Å². The number of methoxy groups -OCH3 is 1. The average Bonchev–Trinajstić information content (AvgIpc) is 2.71. The fraction of sp³-hybridized carbons (Fsp3) is 0.111. The third-order valence-electron chi connectivity index (χ3n) is 1.68. The zero-order valence-electron chi connectivity index (χ0n) is 7.10. The summed E-state index contributed by atoms with van der Waals surface area (Å²) < 4.78 is 10.1. The molecule has 0 fully saturated rings. The first kappa shape index (κ1) is 7.79. The van der Waals surface area contributed by atoms with Crippen LogP contribution in [-0.4, -0.2) is 17.3 Å². The smallest absolute Gasteiger partial charge is 0.247 e. The Kier molecular flexibility index (Phi) is 1.96. The minimum absolute atomic E-state index is 0.499. The molecule has 13 heavy (non-hydrogen) atoms. The number of ether oxygens (including phenoxy) is 1. The Balaban J connectivity index is 2.41. The van der Waals surface area contributed by atoms with Crippen LogP contribution in [0, 0.1) is 0 Å². The molecule has 0 amide bonds. The van der Waals surface area contributed by atoms with Gasteiger partial charge >= 0.3 is 0 Å². The van der Waals surface area contributed by atoms with Gasteiger partial charge in [-0.25, -0.2) is 0 Å². The summed E-state index contributed by atoms with van der Waals surface area (Å²) in [5, 5.41) is 7.39. The van der Waals surface area contributed by atoms with Gasteiger partial charge in [0, 0.05) is 5.56 Å². The molecule has 0 bridgehead atoms. The zero-order valence-corrected chi connectivity index (χ0v) is 7.10. The SMILES string of the molecule is COc1cccc(-c2nnco2)c1. The Morgan fingerprint density at radius 3 is 3.00 bits per heavy atom. The molecule has 2 aromatic rings. The fourth-order valence-corrected chi connectivity index (χ4v) is 1.05. The van der Waals surface area contributed by atoms with Crippen LogP contribution in [0.25, 0.3) is 11.5 Å². The summed E-state index contributed by atoms with van der Waals surface area (Å²) in [5.41, 5.74) is 0.858. The van der Waals surface area contributed by atoms with Crippen LogP contribution in [0.1, 0.15) is 0 Å². The first-order valence-corrected chi connectivity index (χ1v) is 3.81. The number of benzene rings is 1. The molecular weight excluding hydrogens is 168 g/mol. The molecule has 0 N–H and O–H groups in total. The molecule has 1 aromatic heterocycles. The van der Waals surface area contributed by atoms with Crippen molar-refractivity contribution in [2.75, 3.05) is 7.11 Å². The van der Waals surface area contributed by atoms with Crippen LogP contribution in [-0.2, 0) is 0 Å². The molecule has 0 atom stereocenters. The predicted molar refractivity (Wildman–Crippen MR) is 46.3 cm³/mol. The molecule has 1 heterocycles. The number of hydrogen-bond donors (Lipinski definition) is 0. The van der Waals surface area contributed by atoms with E-state index in [0.29, 0.717) is 5.89 Å². The van der Waals surface area contributed by atoms with Crippen molar-refractivity contribution in [3.05, 3.63) is 30.7 Å². The largest absolute Gasteiger partial charge is 0.497 e. The third-order valence-corrected chi connectivity index (χ3v) is 1.68. The van der Waals surface area contributed by atoms with Gasteiger partial charge in [0.05, 0.1) is 7.11 Å². The lowest BCUT2D eigenvalue weighted by molar-refractivity contribution is 0.414. The summed E-state index contributed by atoms with van der Waals surface area (Å²) >= 11 is 0. The van der Waals surface area contributed by atoms with Gasteiger partial charge in [0.25, 0.3) is 0 Å². The van der Waals surface area contributed by atoms with E-state index in [0.717, 1.165) is 11.3 Å². The van der Waals surface area contributed by atoms with Crippen LogP contribution in [0.15, 0.2) is 35.1 Å². The zero-order chi connectivity index (χ0) is 9.10. The van der Waals surface area contributed by atoms with E-state index in [4.69, 9.17) is 9.15 Å². The van der Waals surface area contributed by atoms with Crippen LogP contribution in [0.4, 0.5) is 0 Å². The van der Waals surface area contributed by atoms with Gasteiger partial charge in [-0.1, -0.05) is 6.07 Å². The minimum Gasteiger partial charge on any atom is -0.497 e. The van der Waals surface area contributed by atoms with Crippen LogP contribution >= 0.6 is 0 Å². The maximum absolute atomic E-state index is 5.06. The van der Waals surface area contributed by atoms with Gasteiger partial charge < -0.3 is 9.15 Å². The highest BCUT2D eigenvalue weighted by Crippen LogP contribution is 2.20. The third kappa shape index (κ3) is 1.51. The van der Waals surface area contributed by atoms with Crippen molar-refractivity contribution in [3.63, 3.8) is 0 Å². The Hall–Kier alpha value is -1.84. The molecule has 0 unspecified atom stereocenters. The standard InChI is InChI=1S/C9H8N2O2/c1-12-8-4-2-3-7(5-8)9-11-10-6-13-9/h2-6H,1H3. The average molecular weight is 176 g/mol.